The zero-order chi connectivity index (χ0) is 26.1. The van der Waals surface area contributed by atoms with Crippen LogP contribution in [0.25, 0.3) is 0 Å². The molecule has 0 radical (unpaired) electrons. The van der Waals surface area contributed by atoms with Gasteiger partial charge in [0.05, 0.1) is 8.07 Å². The van der Waals surface area contributed by atoms with Gasteiger partial charge >= 0.3 is 0 Å². The van der Waals surface area contributed by atoms with Crippen molar-refractivity contribution in [2.24, 2.45) is 0 Å². The summed E-state index contributed by atoms with van der Waals surface area (Å²) >= 11 is 0. The van der Waals surface area contributed by atoms with Crippen molar-refractivity contribution in [1.82, 2.24) is 0 Å². The van der Waals surface area contributed by atoms with Gasteiger partial charge in [-0.15, -0.1) is 0 Å². The fraction of sp³-hybridized carbons (Fsp3) is 0.387. The Labute approximate surface area is 216 Å². The molecule has 0 unspecified atom stereocenters. The first-order chi connectivity index (χ1) is 16.4. The quantitative estimate of drug-likeness (QED) is 0.155. The molecule has 2 aromatic carbocycles. The van der Waals surface area contributed by atoms with E-state index in [9.17, 15) is 4.79 Å². The maximum absolute atomic E-state index is 13.4. The summed E-state index contributed by atoms with van der Waals surface area (Å²) in [7, 11) is -3.48. The van der Waals surface area contributed by atoms with Crippen LogP contribution in [0.3, 0.4) is 0 Å². The molecule has 0 spiro atoms. The number of Topliss-reactive ketones (excluding diaryl/α,β-unsaturated/α-hetero) is 1. The maximum atomic E-state index is 13.4. The number of hydrogen-bond donors (Lipinski definition) is 0. The molecular formula is C31H44O2Si2. The van der Waals surface area contributed by atoms with E-state index >= 15 is 0 Å². The Morgan fingerprint density at radius 1 is 0.971 bits per heavy atom. The fourth-order valence-corrected chi connectivity index (χ4v) is 9.94. The monoisotopic (exact) mass is 504 g/mol. The van der Waals surface area contributed by atoms with Crippen molar-refractivity contribution in [3.63, 3.8) is 0 Å². The molecule has 0 amide bonds. The van der Waals surface area contributed by atoms with Crippen LogP contribution in [0.1, 0.15) is 42.3 Å². The van der Waals surface area contributed by atoms with Gasteiger partial charge in [-0.1, -0.05) is 110 Å². The highest BCUT2D eigenvalue weighted by molar-refractivity contribution is 6.76. The fourth-order valence-electron chi connectivity index (χ4n) is 4.69. The Balaban J connectivity index is 2.01. The molecule has 0 atom stereocenters. The first-order valence-electron chi connectivity index (χ1n) is 12.7. The van der Waals surface area contributed by atoms with Crippen molar-refractivity contribution in [2.75, 3.05) is 0 Å². The van der Waals surface area contributed by atoms with E-state index in [1.54, 1.807) is 0 Å². The third kappa shape index (κ3) is 9.71. The number of carbonyl (C=O) groups excluding carboxylic acids is 1. The van der Waals surface area contributed by atoms with Gasteiger partial charge in [-0.25, -0.2) is 0 Å². The predicted molar refractivity (Wildman–Crippen MR) is 157 cm³/mol. The van der Waals surface area contributed by atoms with Gasteiger partial charge in [-0.05, 0) is 63.5 Å². The van der Waals surface area contributed by atoms with E-state index in [0.29, 0.717) is 0 Å². The third-order valence-corrected chi connectivity index (χ3v) is 11.5. The van der Waals surface area contributed by atoms with Crippen molar-refractivity contribution in [1.29, 1.82) is 0 Å². The molecule has 0 N–H and O–H groups in total. The molecule has 2 aromatic rings. The number of carbonyl (C=O) groups is 1. The first kappa shape index (κ1) is 29.0. The van der Waals surface area contributed by atoms with Gasteiger partial charge in [0.15, 0.2) is 14.1 Å². The summed E-state index contributed by atoms with van der Waals surface area (Å²) in [6.45, 7) is 18.9. The van der Waals surface area contributed by atoms with Gasteiger partial charge in [0.25, 0.3) is 0 Å². The maximum Gasteiger partial charge on any atom is 0.192 e. The molecule has 0 aliphatic heterocycles. The summed E-state index contributed by atoms with van der Waals surface area (Å²) in [4.78, 5) is 13.4. The summed E-state index contributed by atoms with van der Waals surface area (Å²) < 4.78 is 6.53. The smallest absolute Gasteiger partial charge is 0.192 e. The molecule has 0 saturated carbocycles. The van der Waals surface area contributed by atoms with E-state index in [2.05, 4.69) is 81.3 Å². The zero-order valence-electron chi connectivity index (χ0n) is 22.9. The minimum atomic E-state index is -2.13. The van der Waals surface area contributed by atoms with Crippen LogP contribution in [0.5, 0.6) is 0 Å². The minimum absolute atomic E-state index is 0.0451. The zero-order valence-corrected chi connectivity index (χ0v) is 24.9. The Morgan fingerprint density at radius 2 is 1.60 bits per heavy atom. The number of hydrogen-bond acceptors (Lipinski definition) is 2. The van der Waals surface area contributed by atoms with Gasteiger partial charge in [0.1, 0.15) is 5.60 Å². The van der Waals surface area contributed by atoms with Crippen molar-refractivity contribution < 1.29 is 9.22 Å². The van der Waals surface area contributed by atoms with E-state index in [0.717, 1.165) is 18.0 Å². The second-order valence-electron chi connectivity index (χ2n) is 11.4. The summed E-state index contributed by atoms with van der Waals surface area (Å²) in [5, 5.41) is 0. The molecule has 0 bridgehead atoms. The van der Waals surface area contributed by atoms with Crippen LogP contribution in [-0.2, 0) is 16.9 Å². The van der Waals surface area contributed by atoms with E-state index in [1.165, 1.54) is 28.8 Å². The van der Waals surface area contributed by atoms with Crippen molar-refractivity contribution in [3.05, 3.63) is 108 Å². The topological polar surface area (TPSA) is 26.3 Å². The molecule has 0 heterocycles. The van der Waals surface area contributed by atoms with E-state index in [1.807, 2.05) is 51.1 Å². The molecule has 0 fully saturated rings. The average molecular weight is 505 g/mol. The normalized spacial score (nSPS) is 13.3. The number of ketones is 1. The van der Waals surface area contributed by atoms with Gasteiger partial charge in [0.2, 0.25) is 0 Å². The second kappa shape index (κ2) is 12.6. The first-order valence-corrected chi connectivity index (χ1v) is 19.2. The van der Waals surface area contributed by atoms with E-state index < -0.39 is 22.0 Å². The molecule has 0 aliphatic carbocycles. The van der Waals surface area contributed by atoms with Crippen LogP contribution in [0.4, 0.5) is 0 Å². The van der Waals surface area contributed by atoms with Gasteiger partial charge in [-0.3, -0.25) is 4.79 Å². The standard InChI is InChI=1S/C31H44O2Si2/c1-9-14-27(15-10-2)25-35(7,8)33-31(3,4)30(32)29-20-18-26(19-21-29)22-23-34(5,6)24-28-16-12-11-13-17-28/h9-21H,1,22-25H2,2-8H3/b15-10-,27-14+. The van der Waals surface area contributed by atoms with Crippen molar-refractivity contribution in [3.8, 4) is 0 Å². The molecule has 0 saturated heterocycles. The van der Waals surface area contributed by atoms with Gasteiger partial charge < -0.3 is 4.43 Å². The number of rotatable bonds is 13. The average Bonchev–Trinajstić information content (AvgIpc) is 2.77. The molecule has 2 rings (SSSR count). The molecular weight excluding hydrogens is 461 g/mol. The summed E-state index contributed by atoms with van der Waals surface area (Å²) in [6, 6.07) is 22.3. The van der Waals surface area contributed by atoms with E-state index in [4.69, 9.17) is 4.43 Å². The van der Waals surface area contributed by atoms with Crippen molar-refractivity contribution in [2.45, 2.75) is 77.1 Å². The highest BCUT2D eigenvalue weighted by Crippen LogP contribution is 2.28. The lowest BCUT2D eigenvalue weighted by molar-refractivity contribution is 0.0554. The Kier molecular flexibility index (Phi) is 10.4. The molecule has 0 aromatic heterocycles. The highest BCUT2D eigenvalue weighted by atomic mass is 28.4. The van der Waals surface area contributed by atoms with Crippen LogP contribution in [0, 0.1) is 0 Å². The second-order valence-corrected chi connectivity index (χ2v) is 20.6. The minimum Gasteiger partial charge on any atom is -0.405 e. The summed E-state index contributed by atoms with van der Waals surface area (Å²) in [6.07, 6.45) is 9.02. The summed E-state index contributed by atoms with van der Waals surface area (Å²) in [5.74, 6) is 0.0451. The molecule has 0 aliphatic rings. The van der Waals surface area contributed by atoms with E-state index in [-0.39, 0.29) is 5.78 Å². The number of benzene rings is 2. The number of allylic oxidation sites excluding steroid dienone is 5. The largest absolute Gasteiger partial charge is 0.405 e. The Morgan fingerprint density at radius 3 is 2.17 bits per heavy atom. The lowest BCUT2D eigenvalue weighted by Gasteiger charge is -2.34. The third-order valence-electron chi connectivity index (χ3n) is 6.25. The molecule has 4 heteroatoms. The SMILES string of the molecule is C=C/C=C(\C=C/C)C[Si](C)(C)OC(C)(C)C(=O)c1ccc(CC[Si](C)(C)Cc2ccccc2)cc1. The van der Waals surface area contributed by atoms with Gasteiger partial charge in [-0.2, -0.15) is 0 Å². The van der Waals surface area contributed by atoms with Gasteiger partial charge in [0, 0.05) is 5.56 Å². The molecule has 35 heavy (non-hydrogen) atoms. The van der Waals surface area contributed by atoms with Crippen molar-refractivity contribution >= 4 is 22.2 Å². The van der Waals surface area contributed by atoms with Crippen LogP contribution in [0.15, 0.2) is 91.1 Å². The Bertz CT molecular complexity index is 1030. The van der Waals surface area contributed by atoms with Crippen LogP contribution < -0.4 is 0 Å². The van der Waals surface area contributed by atoms with Crippen LogP contribution in [0.2, 0.25) is 38.3 Å². The lowest BCUT2D eigenvalue weighted by Crippen LogP contribution is -2.46. The lowest BCUT2D eigenvalue weighted by atomic mass is 9.96. The number of aryl methyl sites for hydroxylation is 1. The summed E-state index contributed by atoms with van der Waals surface area (Å²) in [5.41, 5.74) is 3.79. The Hall–Kier alpha value is -2.28. The highest BCUT2D eigenvalue weighted by Gasteiger charge is 2.37. The van der Waals surface area contributed by atoms with Crippen LogP contribution in [-0.4, -0.2) is 27.8 Å². The predicted octanol–water partition coefficient (Wildman–Crippen LogP) is 8.59. The molecule has 2 nitrogen and oxygen atoms in total. The van der Waals surface area contributed by atoms with Crippen LogP contribution >= 0.6 is 0 Å². The molecule has 188 valence electrons.